The highest BCUT2D eigenvalue weighted by Gasteiger charge is 2.32. The Morgan fingerprint density at radius 1 is 1.15 bits per heavy atom. The summed E-state index contributed by atoms with van der Waals surface area (Å²) in [6.07, 6.45) is 0. The van der Waals surface area contributed by atoms with E-state index >= 15 is 0 Å². The second kappa shape index (κ2) is 8.54. The van der Waals surface area contributed by atoms with Gasteiger partial charge in [-0.1, -0.05) is 39.0 Å². The average Bonchev–Trinajstić information content (AvgIpc) is 2.64. The molecule has 6 nitrogen and oxygen atoms in total. The Morgan fingerprint density at radius 3 is 2.35 bits per heavy atom. The lowest BCUT2D eigenvalue weighted by Gasteiger charge is -2.39. The number of hydrogen-bond acceptors (Lipinski definition) is 4. The molecule has 0 saturated carbocycles. The molecule has 1 unspecified atom stereocenters. The molecule has 0 radical (unpaired) electrons. The van der Waals surface area contributed by atoms with Crippen molar-refractivity contribution < 1.29 is 14.3 Å². The second-order valence-electron chi connectivity index (χ2n) is 7.78. The van der Waals surface area contributed by atoms with Crippen molar-refractivity contribution in [2.75, 3.05) is 33.3 Å². The largest absolute Gasteiger partial charge is 0.496 e. The van der Waals surface area contributed by atoms with Crippen molar-refractivity contribution >= 4 is 11.8 Å². The standard InChI is InChI=1S/C20H31N3O3/c1-15(18(24)21-14-16-8-6-7-9-17(16)26-5)22-10-12-23(13-11-22)19(25)20(2,3)4/h6-9,15H,10-14H2,1-5H3,(H,21,24). The van der Waals surface area contributed by atoms with Crippen LogP contribution in [-0.4, -0.2) is 60.9 Å². The van der Waals surface area contributed by atoms with Gasteiger partial charge in [-0.3, -0.25) is 14.5 Å². The minimum Gasteiger partial charge on any atom is -0.496 e. The predicted octanol–water partition coefficient (Wildman–Crippen LogP) is 1.89. The van der Waals surface area contributed by atoms with Gasteiger partial charge in [-0.05, 0) is 13.0 Å². The van der Waals surface area contributed by atoms with Gasteiger partial charge in [0.05, 0.1) is 13.2 Å². The minimum atomic E-state index is -0.361. The van der Waals surface area contributed by atoms with Crippen LogP contribution in [0.3, 0.4) is 0 Å². The van der Waals surface area contributed by atoms with E-state index in [0.717, 1.165) is 11.3 Å². The average molecular weight is 361 g/mol. The first-order chi connectivity index (χ1) is 12.2. The molecule has 1 atom stereocenters. The van der Waals surface area contributed by atoms with E-state index < -0.39 is 0 Å². The van der Waals surface area contributed by atoms with Crippen molar-refractivity contribution in [2.24, 2.45) is 5.41 Å². The van der Waals surface area contributed by atoms with E-state index in [1.165, 1.54) is 0 Å². The Morgan fingerprint density at radius 2 is 1.77 bits per heavy atom. The number of nitrogens with one attached hydrogen (secondary N) is 1. The summed E-state index contributed by atoms with van der Waals surface area (Å²) in [4.78, 5) is 28.9. The van der Waals surface area contributed by atoms with Crippen LogP contribution < -0.4 is 10.1 Å². The number of ether oxygens (including phenoxy) is 1. The van der Waals surface area contributed by atoms with Crippen LogP contribution in [0.5, 0.6) is 5.75 Å². The summed E-state index contributed by atoms with van der Waals surface area (Å²) in [6.45, 7) is 10.9. The Balaban J connectivity index is 1.85. The highest BCUT2D eigenvalue weighted by Crippen LogP contribution is 2.19. The molecule has 0 aliphatic carbocycles. The molecule has 1 aromatic carbocycles. The van der Waals surface area contributed by atoms with Crippen LogP contribution in [0.15, 0.2) is 24.3 Å². The molecule has 0 aromatic heterocycles. The zero-order chi connectivity index (χ0) is 19.3. The van der Waals surface area contributed by atoms with Gasteiger partial charge in [-0.2, -0.15) is 0 Å². The molecule has 1 fully saturated rings. The van der Waals surface area contributed by atoms with Gasteiger partial charge in [0.15, 0.2) is 0 Å². The molecule has 0 spiro atoms. The summed E-state index contributed by atoms with van der Waals surface area (Å²) in [5, 5.41) is 2.99. The summed E-state index contributed by atoms with van der Waals surface area (Å²) in [7, 11) is 1.63. The SMILES string of the molecule is COc1ccccc1CNC(=O)C(C)N1CCN(C(=O)C(C)(C)C)CC1. The fourth-order valence-corrected chi connectivity index (χ4v) is 3.13. The highest BCUT2D eigenvalue weighted by atomic mass is 16.5. The van der Waals surface area contributed by atoms with Crippen LogP contribution in [0.2, 0.25) is 0 Å². The number of carbonyl (C=O) groups excluding carboxylic acids is 2. The normalized spacial score (nSPS) is 16.9. The molecule has 1 heterocycles. The first-order valence-corrected chi connectivity index (χ1v) is 9.17. The number of amides is 2. The van der Waals surface area contributed by atoms with Gasteiger partial charge in [0.2, 0.25) is 11.8 Å². The Kier molecular flexibility index (Phi) is 6.64. The van der Waals surface area contributed by atoms with Crippen LogP contribution >= 0.6 is 0 Å². The maximum Gasteiger partial charge on any atom is 0.237 e. The van der Waals surface area contributed by atoms with Crippen molar-refractivity contribution in [1.82, 2.24) is 15.1 Å². The van der Waals surface area contributed by atoms with Crippen LogP contribution in [-0.2, 0) is 16.1 Å². The number of hydrogen-bond donors (Lipinski definition) is 1. The first-order valence-electron chi connectivity index (χ1n) is 9.17. The number of nitrogens with zero attached hydrogens (tertiary/aromatic N) is 2. The van der Waals surface area contributed by atoms with Crippen molar-refractivity contribution in [3.8, 4) is 5.75 Å². The number of methoxy groups -OCH3 is 1. The van der Waals surface area contributed by atoms with E-state index in [1.54, 1.807) is 7.11 Å². The molecule has 1 aliphatic rings. The second-order valence-corrected chi connectivity index (χ2v) is 7.78. The van der Waals surface area contributed by atoms with E-state index in [1.807, 2.05) is 56.9 Å². The number of benzene rings is 1. The van der Waals surface area contributed by atoms with Gasteiger partial charge in [-0.15, -0.1) is 0 Å². The van der Waals surface area contributed by atoms with Crippen molar-refractivity contribution in [1.29, 1.82) is 0 Å². The zero-order valence-electron chi connectivity index (χ0n) is 16.5. The van der Waals surface area contributed by atoms with Crippen molar-refractivity contribution in [2.45, 2.75) is 40.3 Å². The Bertz CT molecular complexity index is 631. The first kappa shape index (κ1) is 20.2. The van der Waals surface area contributed by atoms with Crippen molar-refractivity contribution in [3.63, 3.8) is 0 Å². The summed E-state index contributed by atoms with van der Waals surface area (Å²) >= 11 is 0. The minimum absolute atomic E-state index is 0.00787. The Labute approximate surface area is 156 Å². The van der Waals surface area contributed by atoms with Gasteiger partial charge >= 0.3 is 0 Å². The third kappa shape index (κ3) is 4.97. The summed E-state index contributed by atoms with van der Waals surface area (Å²) < 4.78 is 5.32. The fraction of sp³-hybridized carbons (Fsp3) is 0.600. The summed E-state index contributed by atoms with van der Waals surface area (Å²) in [5.41, 5.74) is 0.594. The molecule has 2 rings (SSSR count). The van der Waals surface area contributed by atoms with Crippen molar-refractivity contribution in [3.05, 3.63) is 29.8 Å². The predicted molar refractivity (Wildman–Crippen MR) is 102 cm³/mol. The Hall–Kier alpha value is -2.08. The highest BCUT2D eigenvalue weighted by molar-refractivity contribution is 5.82. The molecule has 1 saturated heterocycles. The monoisotopic (exact) mass is 361 g/mol. The number of carbonyl (C=O) groups is 2. The molecule has 144 valence electrons. The topological polar surface area (TPSA) is 61.9 Å². The van der Waals surface area contributed by atoms with E-state index in [2.05, 4.69) is 10.2 Å². The zero-order valence-corrected chi connectivity index (χ0v) is 16.5. The van der Waals surface area contributed by atoms with E-state index in [4.69, 9.17) is 4.74 Å². The lowest BCUT2D eigenvalue weighted by molar-refractivity contribution is -0.142. The summed E-state index contributed by atoms with van der Waals surface area (Å²) in [6, 6.07) is 7.44. The molecule has 6 heteroatoms. The van der Waals surface area contributed by atoms with Gasteiger partial charge in [0.25, 0.3) is 0 Å². The lowest BCUT2D eigenvalue weighted by Crippen LogP contribution is -2.56. The smallest absolute Gasteiger partial charge is 0.237 e. The number of para-hydroxylation sites is 1. The van der Waals surface area contributed by atoms with Gasteiger partial charge in [0, 0.05) is 43.7 Å². The molecule has 1 N–H and O–H groups in total. The van der Waals surface area contributed by atoms with Crippen LogP contribution in [0, 0.1) is 5.41 Å². The fourth-order valence-electron chi connectivity index (χ4n) is 3.13. The molecule has 1 aliphatic heterocycles. The van der Waals surface area contributed by atoms with Crippen LogP contribution in [0.4, 0.5) is 0 Å². The maximum absolute atomic E-state index is 12.5. The van der Waals surface area contributed by atoms with E-state index in [9.17, 15) is 9.59 Å². The quantitative estimate of drug-likeness (QED) is 0.870. The third-order valence-corrected chi connectivity index (χ3v) is 4.82. The van der Waals surface area contributed by atoms with Gasteiger partial charge < -0.3 is 15.0 Å². The molecular formula is C20H31N3O3. The maximum atomic E-state index is 12.5. The third-order valence-electron chi connectivity index (χ3n) is 4.82. The lowest BCUT2D eigenvalue weighted by atomic mass is 9.94. The number of piperazine rings is 1. The van der Waals surface area contributed by atoms with Crippen LogP contribution in [0.25, 0.3) is 0 Å². The molecule has 0 bridgehead atoms. The van der Waals surface area contributed by atoms with Gasteiger partial charge in [-0.25, -0.2) is 0 Å². The van der Waals surface area contributed by atoms with Gasteiger partial charge in [0.1, 0.15) is 5.75 Å². The number of rotatable bonds is 5. The molecule has 2 amide bonds. The van der Waals surface area contributed by atoms with E-state index in [-0.39, 0.29) is 23.3 Å². The van der Waals surface area contributed by atoms with Crippen LogP contribution in [0.1, 0.15) is 33.3 Å². The summed E-state index contributed by atoms with van der Waals surface area (Å²) in [5.74, 6) is 0.937. The molecule has 26 heavy (non-hydrogen) atoms. The molecule has 1 aromatic rings. The van der Waals surface area contributed by atoms with E-state index in [0.29, 0.717) is 32.7 Å². The molecular weight excluding hydrogens is 330 g/mol.